The Morgan fingerprint density at radius 2 is 1.44 bits per heavy atom. The van der Waals surface area contributed by atoms with E-state index in [4.69, 9.17) is 0 Å². The van der Waals surface area contributed by atoms with E-state index in [1.54, 1.807) is 59.0 Å². The largest absolute Gasteiger partial charge is 0.508 e. The summed E-state index contributed by atoms with van der Waals surface area (Å²) in [6.07, 6.45) is 4.59. The van der Waals surface area contributed by atoms with E-state index >= 15 is 0 Å². The first-order chi connectivity index (χ1) is 29.5. The Hall–Kier alpha value is -5.32. The number of aliphatic carboxylic acids is 1. The fraction of sp³-hybridized carbons (Fsp3) is 0.578. The number of nitrogens with one attached hydrogen (secondary N) is 5. The van der Waals surface area contributed by atoms with Crippen LogP contribution in [0.1, 0.15) is 83.8 Å². The minimum Gasteiger partial charge on any atom is -0.508 e. The number of phenols is 1. The standard InChI is InChI=1S/C45H67N7O9S/c1-8-29(4)38(44(59)60)50-45(61)48-33-16-12-13-26-46-40(55)35(25-27-62-7)51(5)43(58)36(24-20-31-17-21-32(53)22-18-31)52(6)42(57)34(23-19-30-14-10-9-11-15-30)47-41(56)37(28(2)3)49-39(33)54/h9-11,14-15,17-18,21-22,28-29,33-38,53H,8,12-13,16,19-20,23-27H2,1-7H3,(H,46,55)(H,47,56)(H,49,54)(H,59,60)(H2,48,50,61). The molecule has 2 aromatic carbocycles. The number of hydrogen-bond donors (Lipinski definition) is 7. The van der Waals surface area contributed by atoms with E-state index in [-0.39, 0.29) is 37.5 Å². The summed E-state index contributed by atoms with van der Waals surface area (Å²) in [6, 6.07) is 8.46. The molecule has 0 spiro atoms. The third kappa shape index (κ3) is 15.5. The minimum atomic E-state index is -1.22. The summed E-state index contributed by atoms with van der Waals surface area (Å²) < 4.78 is 0. The van der Waals surface area contributed by atoms with E-state index in [1.807, 2.05) is 36.6 Å². The van der Waals surface area contributed by atoms with Crippen LogP contribution in [0, 0.1) is 11.8 Å². The van der Waals surface area contributed by atoms with Crippen molar-refractivity contribution in [2.24, 2.45) is 11.8 Å². The molecule has 1 saturated heterocycles. The van der Waals surface area contributed by atoms with E-state index < -0.39 is 83.7 Å². The molecule has 7 unspecified atom stereocenters. The number of thioether (sulfide) groups is 1. The second-order valence-corrected chi connectivity index (χ2v) is 17.4. The fourth-order valence-corrected chi connectivity index (χ4v) is 7.79. The van der Waals surface area contributed by atoms with Crippen molar-refractivity contribution < 1.29 is 43.8 Å². The molecule has 16 nitrogen and oxygen atoms in total. The van der Waals surface area contributed by atoms with Crippen LogP contribution in [0.2, 0.25) is 0 Å². The summed E-state index contributed by atoms with van der Waals surface area (Å²) in [6.45, 7) is 7.14. The SMILES string of the molecule is CCC(C)C(NC(=O)NC1CCCCNC(=O)C(CCSC)N(C)C(=O)C(CCc2ccc(O)cc2)N(C)C(=O)C(CCc2ccccc2)NC(=O)C(C(C)C)NC1=O)C(=O)O. The average molecular weight is 882 g/mol. The van der Waals surface area contributed by atoms with Gasteiger partial charge in [-0.25, -0.2) is 9.59 Å². The number of carboxylic acid groups (broad SMARTS) is 1. The molecule has 7 N–H and O–H groups in total. The van der Waals surface area contributed by atoms with Gasteiger partial charge in [0.25, 0.3) is 0 Å². The number of urea groups is 1. The molecule has 17 heteroatoms. The topological polar surface area (TPSA) is 227 Å². The van der Waals surface area contributed by atoms with Gasteiger partial charge < -0.3 is 46.6 Å². The number of phenolic OH excluding ortho intramolecular Hbond substituents is 1. The van der Waals surface area contributed by atoms with Gasteiger partial charge in [-0.15, -0.1) is 0 Å². The number of hydrogen-bond acceptors (Lipinski definition) is 9. The zero-order valence-electron chi connectivity index (χ0n) is 37.1. The highest BCUT2D eigenvalue weighted by Gasteiger charge is 2.38. The lowest BCUT2D eigenvalue weighted by Gasteiger charge is -2.36. The summed E-state index contributed by atoms with van der Waals surface area (Å²) in [5.41, 5.74) is 1.73. The molecule has 0 saturated carbocycles. The van der Waals surface area contributed by atoms with Gasteiger partial charge in [0.05, 0.1) is 0 Å². The van der Waals surface area contributed by atoms with Crippen LogP contribution < -0.4 is 26.6 Å². The number of benzene rings is 2. The van der Waals surface area contributed by atoms with Crippen LogP contribution >= 0.6 is 11.8 Å². The normalized spacial score (nSPS) is 22.3. The van der Waals surface area contributed by atoms with Gasteiger partial charge in [0.15, 0.2) is 0 Å². The lowest BCUT2D eigenvalue weighted by Crippen LogP contribution is -2.61. The van der Waals surface area contributed by atoms with Crippen LogP contribution in [0.3, 0.4) is 0 Å². The molecule has 62 heavy (non-hydrogen) atoms. The first-order valence-corrected chi connectivity index (χ1v) is 22.9. The van der Waals surface area contributed by atoms with Crippen LogP contribution in [-0.4, -0.2) is 130 Å². The van der Waals surface area contributed by atoms with Crippen LogP contribution in [0.15, 0.2) is 54.6 Å². The number of aromatic hydroxyl groups is 1. The molecular weight excluding hydrogens is 815 g/mol. The molecule has 3 rings (SSSR count). The monoisotopic (exact) mass is 881 g/mol. The lowest BCUT2D eigenvalue weighted by molar-refractivity contribution is -0.149. The molecule has 1 aliphatic rings. The van der Waals surface area contributed by atoms with Crippen LogP contribution in [-0.2, 0) is 41.6 Å². The molecule has 1 heterocycles. The van der Waals surface area contributed by atoms with Crippen molar-refractivity contribution in [1.29, 1.82) is 0 Å². The Bertz CT molecular complexity index is 1800. The molecule has 1 aliphatic heterocycles. The van der Waals surface area contributed by atoms with Crippen molar-refractivity contribution in [3.8, 4) is 5.75 Å². The van der Waals surface area contributed by atoms with Gasteiger partial charge >= 0.3 is 12.0 Å². The maximum Gasteiger partial charge on any atom is 0.326 e. The highest BCUT2D eigenvalue weighted by atomic mass is 32.2. The van der Waals surface area contributed by atoms with E-state index in [9.17, 15) is 43.8 Å². The third-order valence-electron chi connectivity index (χ3n) is 11.5. The Kier molecular flexibility index (Phi) is 21.1. The molecule has 0 bridgehead atoms. The first kappa shape index (κ1) is 51.0. The average Bonchev–Trinajstić information content (AvgIpc) is 3.25. The van der Waals surface area contributed by atoms with Crippen LogP contribution in [0.5, 0.6) is 5.75 Å². The first-order valence-electron chi connectivity index (χ1n) is 21.5. The highest BCUT2D eigenvalue weighted by Crippen LogP contribution is 2.20. The maximum absolute atomic E-state index is 14.7. The summed E-state index contributed by atoms with van der Waals surface area (Å²) >= 11 is 1.52. The highest BCUT2D eigenvalue weighted by molar-refractivity contribution is 7.98. The van der Waals surface area contributed by atoms with Crippen molar-refractivity contribution in [2.75, 3.05) is 32.6 Å². The molecule has 0 aromatic heterocycles. The summed E-state index contributed by atoms with van der Waals surface area (Å²) in [4.78, 5) is 99.5. The predicted octanol–water partition coefficient (Wildman–Crippen LogP) is 3.46. The minimum absolute atomic E-state index is 0.0857. The summed E-state index contributed by atoms with van der Waals surface area (Å²) in [5.74, 6) is -4.17. The van der Waals surface area contributed by atoms with Crippen molar-refractivity contribution in [3.63, 3.8) is 0 Å². The molecule has 7 amide bonds. The van der Waals surface area contributed by atoms with E-state index in [0.29, 0.717) is 44.3 Å². The Morgan fingerprint density at radius 3 is 2.05 bits per heavy atom. The fourth-order valence-electron chi connectivity index (χ4n) is 7.33. The Labute approximate surface area is 370 Å². The van der Waals surface area contributed by atoms with Crippen LogP contribution in [0.4, 0.5) is 4.79 Å². The molecule has 342 valence electrons. The number of carbonyl (C=O) groups is 7. The maximum atomic E-state index is 14.7. The van der Waals surface area contributed by atoms with Gasteiger partial charge in [0.2, 0.25) is 29.5 Å². The molecular formula is C45H67N7O9S. The number of carboxylic acids is 1. The number of carbonyl (C=O) groups excluding carboxylic acids is 6. The molecule has 0 radical (unpaired) electrons. The van der Waals surface area contributed by atoms with Gasteiger partial charge in [0.1, 0.15) is 42.0 Å². The second-order valence-electron chi connectivity index (χ2n) is 16.4. The summed E-state index contributed by atoms with van der Waals surface area (Å²) in [7, 11) is 3.06. The quantitative estimate of drug-likeness (QED) is 0.138. The van der Waals surface area contributed by atoms with E-state index in [0.717, 1.165) is 11.1 Å². The molecule has 2 aromatic rings. The van der Waals surface area contributed by atoms with Crippen molar-refractivity contribution in [3.05, 3.63) is 65.7 Å². The molecule has 0 aliphatic carbocycles. The number of amides is 7. The van der Waals surface area contributed by atoms with Crippen molar-refractivity contribution in [2.45, 2.75) is 122 Å². The summed E-state index contributed by atoms with van der Waals surface area (Å²) in [5, 5.41) is 33.3. The van der Waals surface area contributed by atoms with Crippen molar-refractivity contribution in [1.82, 2.24) is 36.4 Å². The predicted molar refractivity (Wildman–Crippen MR) is 239 cm³/mol. The Morgan fingerprint density at radius 1 is 0.806 bits per heavy atom. The second kappa shape index (κ2) is 25.6. The zero-order chi connectivity index (χ0) is 45.9. The van der Waals surface area contributed by atoms with Crippen molar-refractivity contribution >= 4 is 53.3 Å². The number of rotatable bonds is 15. The van der Waals surface area contributed by atoms with Gasteiger partial charge in [-0.2, -0.15) is 11.8 Å². The van der Waals surface area contributed by atoms with Gasteiger partial charge in [0, 0.05) is 20.6 Å². The number of likely N-dealkylation sites (N-methyl/N-ethyl adjacent to an activating group) is 2. The van der Waals surface area contributed by atoms with Crippen LogP contribution in [0.25, 0.3) is 0 Å². The molecule has 7 atom stereocenters. The number of nitrogens with zero attached hydrogens (tertiary/aromatic N) is 2. The third-order valence-corrected chi connectivity index (χ3v) is 12.1. The smallest absolute Gasteiger partial charge is 0.326 e. The van der Waals surface area contributed by atoms with E-state index in [1.165, 1.54) is 28.6 Å². The number of aryl methyl sites for hydroxylation is 2. The lowest BCUT2D eigenvalue weighted by atomic mass is 9.98. The zero-order valence-corrected chi connectivity index (χ0v) is 38.0. The van der Waals surface area contributed by atoms with E-state index in [2.05, 4.69) is 26.6 Å². The van der Waals surface area contributed by atoms with Gasteiger partial charge in [-0.1, -0.05) is 76.6 Å². The van der Waals surface area contributed by atoms with Gasteiger partial charge in [-0.3, -0.25) is 24.0 Å². The Balaban J connectivity index is 2.08. The molecule has 1 fully saturated rings. The van der Waals surface area contributed by atoms with Gasteiger partial charge in [-0.05, 0) is 98.5 Å².